The van der Waals surface area contributed by atoms with Gasteiger partial charge in [-0.25, -0.2) is 0 Å². The van der Waals surface area contributed by atoms with Gasteiger partial charge in [0.1, 0.15) is 0 Å². The molecule has 0 aliphatic rings. The van der Waals surface area contributed by atoms with Gasteiger partial charge in [0, 0.05) is 26.0 Å². The van der Waals surface area contributed by atoms with Gasteiger partial charge in [-0.2, -0.15) is 0 Å². The van der Waals surface area contributed by atoms with Gasteiger partial charge >= 0.3 is 0 Å². The van der Waals surface area contributed by atoms with Crippen LogP contribution in [-0.4, -0.2) is 4.57 Å². The Balaban J connectivity index is 0.000000753. The van der Waals surface area contributed by atoms with Crippen molar-refractivity contribution in [2.45, 2.75) is 13.8 Å². The van der Waals surface area contributed by atoms with Crippen molar-refractivity contribution in [1.82, 2.24) is 4.57 Å². The van der Waals surface area contributed by atoms with Crippen LogP contribution in [0.15, 0.2) is 71.2 Å². The van der Waals surface area contributed by atoms with E-state index in [0.29, 0.717) is 0 Å². The number of hydrogen-bond donors (Lipinski definition) is 0. The molecule has 116 valence electrons. The summed E-state index contributed by atoms with van der Waals surface area (Å²) >= 11 is 9.75. The zero-order chi connectivity index (χ0) is 16.4. The van der Waals surface area contributed by atoms with Gasteiger partial charge in [0.25, 0.3) is 0 Å². The molecule has 0 aliphatic carbocycles. The molecule has 1 nitrogen and oxygen atoms in total. The quantitative estimate of drug-likeness (QED) is 0.325. The van der Waals surface area contributed by atoms with E-state index in [0.717, 1.165) is 15.2 Å². The number of halogens is 2. The topological polar surface area (TPSA) is 4.93 Å². The number of nitrogens with zero attached hydrogens (tertiary/aromatic N) is 1. The second kappa shape index (κ2) is 6.77. The lowest BCUT2D eigenvalue weighted by atomic mass is 10.2. The van der Waals surface area contributed by atoms with E-state index in [2.05, 4.69) is 75.1 Å². The van der Waals surface area contributed by atoms with Crippen LogP contribution in [0.5, 0.6) is 0 Å². The molecule has 0 N–H and O–H groups in total. The number of rotatable bonds is 1. The molecule has 4 rings (SSSR count). The minimum absolute atomic E-state index is 0.723. The highest BCUT2D eigenvalue weighted by Gasteiger charge is 2.11. The fourth-order valence-corrected chi connectivity index (χ4v) is 3.71. The first kappa shape index (κ1) is 16.1. The summed E-state index contributed by atoms with van der Waals surface area (Å²) in [4.78, 5) is 0. The normalized spacial score (nSPS) is 10.6. The Hall–Kier alpha value is -1.77. The minimum atomic E-state index is 0.723. The highest BCUT2D eigenvalue weighted by atomic mass is 79.9. The van der Waals surface area contributed by atoms with Crippen molar-refractivity contribution in [3.05, 3.63) is 76.2 Å². The standard InChI is InChI=1S/C18H11BrClN.C2H6/c19-12-9-13(20)11-14(10-12)21-17-7-3-1-5-15(17)16-6-2-4-8-18(16)21;1-2/h1-11H;1-2H3. The van der Waals surface area contributed by atoms with Gasteiger partial charge in [-0.3, -0.25) is 0 Å². The van der Waals surface area contributed by atoms with Crippen molar-refractivity contribution < 1.29 is 0 Å². The summed E-state index contributed by atoms with van der Waals surface area (Å²) in [5, 5.41) is 3.23. The second-order valence-corrected chi connectivity index (χ2v) is 6.35. The molecular formula is C20H17BrClN. The molecule has 0 amide bonds. The van der Waals surface area contributed by atoms with Crippen LogP contribution in [0.2, 0.25) is 5.02 Å². The molecule has 0 radical (unpaired) electrons. The number of benzene rings is 3. The zero-order valence-electron chi connectivity index (χ0n) is 13.1. The van der Waals surface area contributed by atoms with Crippen LogP contribution in [0.3, 0.4) is 0 Å². The van der Waals surface area contributed by atoms with Crippen molar-refractivity contribution in [2.24, 2.45) is 0 Å². The van der Waals surface area contributed by atoms with Crippen LogP contribution in [0.1, 0.15) is 13.8 Å². The Morgan fingerprint density at radius 3 is 1.83 bits per heavy atom. The molecule has 0 atom stereocenters. The summed E-state index contributed by atoms with van der Waals surface area (Å²) in [6.45, 7) is 4.00. The van der Waals surface area contributed by atoms with Crippen LogP contribution in [0, 0.1) is 0 Å². The summed E-state index contributed by atoms with van der Waals surface area (Å²) in [6, 6.07) is 22.9. The summed E-state index contributed by atoms with van der Waals surface area (Å²) < 4.78 is 3.23. The fourth-order valence-electron chi connectivity index (χ4n) is 2.87. The first-order valence-corrected chi connectivity index (χ1v) is 8.86. The maximum absolute atomic E-state index is 6.23. The first-order valence-electron chi connectivity index (χ1n) is 7.69. The summed E-state index contributed by atoms with van der Waals surface area (Å²) in [5.41, 5.74) is 3.44. The molecule has 0 saturated heterocycles. The lowest BCUT2D eigenvalue weighted by Crippen LogP contribution is -1.93. The van der Waals surface area contributed by atoms with Crippen molar-refractivity contribution in [1.29, 1.82) is 0 Å². The van der Waals surface area contributed by atoms with E-state index in [-0.39, 0.29) is 0 Å². The van der Waals surface area contributed by atoms with E-state index in [1.165, 1.54) is 21.8 Å². The number of para-hydroxylation sites is 2. The fraction of sp³-hybridized carbons (Fsp3) is 0.100. The number of hydrogen-bond acceptors (Lipinski definition) is 0. The SMILES string of the molecule is CC.Clc1cc(Br)cc(-n2c3ccccc3c3ccccc32)c1. The van der Waals surface area contributed by atoms with E-state index in [4.69, 9.17) is 11.6 Å². The molecule has 3 aromatic carbocycles. The van der Waals surface area contributed by atoms with Crippen LogP contribution in [-0.2, 0) is 0 Å². The summed E-state index contributed by atoms with van der Waals surface area (Å²) in [6.07, 6.45) is 0. The molecule has 4 aromatic rings. The summed E-state index contributed by atoms with van der Waals surface area (Å²) in [7, 11) is 0. The van der Waals surface area contributed by atoms with E-state index in [1.54, 1.807) is 0 Å². The van der Waals surface area contributed by atoms with Crippen LogP contribution in [0.4, 0.5) is 0 Å². The average molecular weight is 387 g/mol. The second-order valence-electron chi connectivity index (χ2n) is 5.00. The molecule has 0 aliphatic heterocycles. The van der Waals surface area contributed by atoms with Gasteiger partial charge in [-0.1, -0.05) is 77.8 Å². The van der Waals surface area contributed by atoms with Crippen molar-refractivity contribution in [3.63, 3.8) is 0 Å². The van der Waals surface area contributed by atoms with Crippen LogP contribution >= 0.6 is 27.5 Å². The van der Waals surface area contributed by atoms with Gasteiger partial charge in [0.05, 0.1) is 11.0 Å². The first-order chi connectivity index (χ1) is 11.2. The maximum Gasteiger partial charge on any atom is 0.0541 e. The maximum atomic E-state index is 6.23. The van der Waals surface area contributed by atoms with Crippen LogP contribution in [0.25, 0.3) is 27.5 Å². The molecule has 23 heavy (non-hydrogen) atoms. The largest absolute Gasteiger partial charge is 0.309 e. The Labute approximate surface area is 149 Å². The third-order valence-electron chi connectivity index (χ3n) is 3.69. The molecule has 0 saturated carbocycles. The summed E-state index contributed by atoms with van der Waals surface area (Å²) in [5.74, 6) is 0. The molecular weight excluding hydrogens is 370 g/mol. The molecule has 3 heteroatoms. The zero-order valence-corrected chi connectivity index (χ0v) is 15.4. The van der Waals surface area contributed by atoms with Gasteiger partial charge in [0.2, 0.25) is 0 Å². The monoisotopic (exact) mass is 385 g/mol. The molecule has 0 spiro atoms. The van der Waals surface area contributed by atoms with Gasteiger partial charge in [-0.15, -0.1) is 0 Å². The van der Waals surface area contributed by atoms with E-state index in [1.807, 2.05) is 26.0 Å². The third kappa shape index (κ3) is 2.89. The molecule has 1 aromatic heterocycles. The predicted molar refractivity (Wildman–Crippen MR) is 105 cm³/mol. The van der Waals surface area contributed by atoms with Gasteiger partial charge in [0.15, 0.2) is 0 Å². The number of aromatic nitrogens is 1. The average Bonchev–Trinajstić information content (AvgIpc) is 2.90. The Morgan fingerprint density at radius 2 is 1.30 bits per heavy atom. The van der Waals surface area contributed by atoms with E-state index < -0.39 is 0 Å². The Kier molecular flexibility index (Phi) is 4.74. The molecule has 0 fully saturated rings. The third-order valence-corrected chi connectivity index (χ3v) is 4.36. The predicted octanol–water partition coefficient (Wildman–Crippen LogP) is 7.23. The van der Waals surface area contributed by atoms with Crippen molar-refractivity contribution >= 4 is 49.3 Å². The Morgan fingerprint density at radius 1 is 0.783 bits per heavy atom. The molecule has 0 unspecified atom stereocenters. The van der Waals surface area contributed by atoms with E-state index >= 15 is 0 Å². The van der Waals surface area contributed by atoms with E-state index in [9.17, 15) is 0 Å². The van der Waals surface area contributed by atoms with Gasteiger partial charge in [-0.05, 0) is 30.3 Å². The highest BCUT2D eigenvalue weighted by Crippen LogP contribution is 2.33. The van der Waals surface area contributed by atoms with Gasteiger partial charge < -0.3 is 4.57 Å². The number of fused-ring (bicyclic) bond motifs is 3. The lowest BCUT2D eigenvalue weighted by Gasteiger charge is -2.09. The molecule has 0 bridgehead atoms. The Bertz CT molecular complexity index is 898. The lowest BCUT2D eigenvalue weighted by molar-refractivity contribution is 1.18. The van der Waals surface area contributed by atoms with Crippen molar-refractivity contribution in [2.75, 3.05) is 0 Å². The minimum Gasteiger partial charge on any atom is -0.309 e. The van der Waals surface area contributed by atoms with Crippen molar-refractivity contribution in [3.8, 4) is 5.69 Å². The molecule has 1 heterocycles. The van der Waals surface area contributed by atoms with Crippen LogP contribution < -0.4 is 0 Å². The highest BCUT2D eigenvalue weighted by molar-refractivity contribution is 9.10. The smallest absolute Gasteiger partial charge is 0.0541 e.